The molecule has 1 fully saturated rings. The predicted molar refractivity (Wildman–Crippen MR) is 79.9 cm³/mol. The molecule has 0 aromatic heterocycles. The van der Waals surface area contributed by atoms with Crippen molar-refractivity contribution in [3.05, 3.63) is 28.2 Å². The average molecular weight is 301 g/mol. The summed E-state index contributed by atoms with van der Waals surface area (Å²) in [5.74, 6) is 0.704. The Morgan fingerprint density at radius 1 is 1.47 bits per heavy atom. The lowest BCUT2D eigenvalue weighted by Gasteiger charge is -2.31. The molecule has 1 amide bonds. The van der Waals surface area contributed by atoms with Gasteiger partial charge < -0.3 is 10.2 Å². The number of hydrogen-bond acceptors (Lipinski definition) is 2. The Hall–Kier alpha value is -0.930. The number of carbonyl (C=O) groups excluding carboxylic acids is 1. The minimum Gasteiger partial charge on any atom is -0.375 e. The molecule has 1 aliphatic rings. The van der Waals surface area contributed by atoms with Crippen LogP contribution in [-0.2, 0) is 4.79 Å². The number of nitrogens with zero attached hydrogens (tertiary/aromatic N) is 1. The molecule has 0 saturated carbocycles. The van der Waals surface area contributed by atoms with Crippen molar-refractivity contribution in [2.24, 2.45) is 5.92 Å². The minimum absolute atomic E-state index is 0.114. The highest BCUT2D eigenvalue weighted by molar-refractivity contribution is 6.43. The summed E-state index contributed by atoms with van der Waals surface area (Å²) in [4.78, 5) is 14.0. The highest BCUT2D eigenvalue weighted by Gasteiger charge is 2.20. The second kappa shape index (κ2) is 6.49. The van der Waals surface area contributed by atoms with Crippen molar-refractivity contribution in [2.75, 3.05) is 25.0 Å². The molecule has 1 atom stereocenters. The van der Waals surface area contributed by atoms with Crippen LogP contribution in [0.3, 0.4) is 0 Å². The van der Waals surface area contributed by atoms with E-state index in [0.29, 0.717) is 21.7 Å². The van der Waals surface area contributed by atoms with Crippen molar-refractivity contribution in [1.29, 1.82) is 0 Å². The summed E-state index contributed by atoms with van der Waals surface area (Å²) in [6.07, 6.45) is 2.29. The summed E-state index contributed by atoms with van der Waals surface area (Å²) >= 11 is 12.0. The van der Waals surface area contributed by atoms with E-state index >= 15 is 0 Å². The van der Waals surface area contributed by atoms with E-state index in [4.69, 9.17) is 23.2 Å². The normalized spacial score (nSPS) is 19.3. The Kier molecular flexibility index (Phi) is 4.94. The number of rotatable bonds is 3. The van der Waals surface area contributed by atoms with Gasteiger partial charge in [0.25, 0.3) is 0 Å². The second-order valence-electron chi connectivity index (χ2n) is 5.04. The standard InChI is InChI=1S/C14H18Cl2N2O/c1-10-4-3-7-18(9-10)13(19)8-17-12-6-2-5-11(15)14(12)16/h2,5-6,10,17H,3-4,7-9H2,1H3. The first kappa shape index (κ1) is 14.5. The van der Waals surface area contributed by atoms with Gasteiger partial charge in [0.05, 0.1) is 22.3 Å². The zero-order chi connectivity index (χ0) is 13.8. The summed E-state index contributed by atoms with van der Waals surface area (Å²) in [6, 6.07) is 5.35. The van der Waals surface area contributed by atoms with Crippen molar-refractivity contribution in [2.45, 2.75) is 19.8 Å². The first-order chi connectivity index (χ1) is 9.08. The van der Waals surface area contributed by atoms with Crippen LogP contribution in [0.4, 0.5) is 5.69 Å². The number of amides is 1. The van der Waals surface area contributed by atoms with Crippen LogP contribution in [0.25, 0.3) is 0 Å². The molecule has 2 rings (SSSR count). The van der Waals surface area contributed by atoms with Crippen molar-refractivity contribution in [1.82, 2.24) is 4.90 Å². The highest BCUT2D eigenvalue weighted by Crippen LogP contribution is 2.29. The molecule has 1 heterocycles. The lowest BCUT2D eigenvalue weighted by atomic mass is 10.0. The molecule has 19 heavy (non-hydrogen) atoms. The van der Waals surface area contributed by atoms with Gasteiger partial charge in [0.1, 0.15) is 0 Å². The van der Waals surface area contributed by atoms with Crippen LogP contribution in [0, 0.1) is 5.92 Å². The number of piperidine rings is 1. The van der Waals surface area contributed by atoms with Crippen LogP contribution in [0.2, 0.25) is 10.0 Å². The Balaban J connectivity index is 1.91. The number of likely N-dealkylation sites (tertiary alicyclic amines) is 1. The van der Waals surface area contributed by atoms with E-state index < -0.39 is 0 Å². The first-order valence-corrected chi connectivity index (χ1v) is 7.29. The van der Waals surface area contributed by atoms with Crippen LogP contribution in [0.5, 0.6) is 0 Å². The maximum atomic E-state index is 12.1. The third-order valence-corrected chi connectivity index (χ3v) is 4.21. The fraction of sp³-hybridized carbons (Fsp3) is 0.500. The number of anilines is 1. The number of benzene rings is 1. The van der Waals surface area contributed by atoms with Gasteiger partial charge in [-0.25, -0.2) is 0 Å². The molecule has 0 aliphatic carbocycles. The smallest absolute Gasteiger partial charge is 0.241 e. The van der Waals surface area contributed by atoms with Gasteiger partial charge in [-0.2, -0.15) is 0 Å². The number of carbonyl (C=O) groups is 1. The van der Waals surface area contributed by atoms with Crippen LogP contribution in [0.15, 0.2) is 18.2 Å². The fourth-order valence-corrected chi connectivity index (χ4v) is 2.71. The molecule has 1 aliphatic heterocycles. The van der Waals surface area contributed by atoms with Gasteiger partial charge >= 0.3 is 0 Å². The van der Waals surface area contributed by atoms with Gasteiger partial charge in [-0.15, -0.1) is 0 Å². The molecule has 104 valence electrons. The Labute approximate surface area is 123 Å². The fourth-order valence-electron chi connectivity index (χ4n) is 2.34. The summed E-state index contributed by atoms with van der Waals surface area (Å²) < 4.78 is 0. The molecule has 1 aromatic carbocycles. The molecular weight excluding hydrogens is 283 g/mol. The van der Waals surface area contributed by atoms with E-state index in [-0.39, 0.29) is 12.5 Å². The molecule has 1 unspecified atom stereocenters. The maximum absolute atomic E-state index is 12.1. The van der Waals surface area contributed by atoms with Crippen molar-refractivity contribution < 1.29 is 4.79 Å². The number of hydrogen-bond donors (Lipinski definition) is 1. The zero-order valence-corrected chi connectivity index (χ0v) is 12.5. The molecule has 0 bridgehead atoms. The van der Waals surface area contributed by atoms with Gasteiger partial charge in [0.15, 0.2) is 0 Å². The average Bonchev–Trinajstić information content (AvgIpc) is 2.40. The van der Waals surface area contributed by atoms with E-state index in [2.05, 4.69) is 12.2 Å². The summed E-state index contributed by atoms with van der Waals surface area (Å²) in [5, 5.41) is 4.01. The van der Waals surface area contributed by atoms with Gasteiger partial charge in [-0.1, -0.05) is 36.2 Å². The van der Waals surface area contributed by atoms with E-state index in [1.165, 1.54) is 6.42 Å². The van der Waals surface area contributed by atoms with Crippen molar-refractivity contribution in [3.63, 3.8) is 0 Å². The van der Waals surface area contributed by atoms with E-state index in [9.17, 15) is 4.79 Å². The Bertz CT molecular complexity index is 465. The summed E-state index contributed by atoms with van der Waals surface area (Å²) in [5.41, 5.74) is 0.701. The lowest BCUT2D eigenvalue weighted by molar-refractivity contribution is -0.130. The highest BCUT2D eigenvalue weighted by atomic mass is 35.5. The quantitative estimate of drug-likeness (QED) is 0.924. The van der Waals surface area contributed by atoms with Crippen LogP contribution < -0.4 is 5.32 Å². The summed E-state index contributed by atoms with van der Waals surface area (Å²) in [7, 11) is 0. The van der Waals surface area contributed by atoms with Crippen LogP contribution in [0.1, 0.15) is 19.8 Å². The van der Waals surface area contributed by atoms with E-state index in [0.717, 1.165) is 19.5 Å². The van der Waals surface area contributed by atoms with Crippen molar-refractivity contribution in [3.8, 4) is 0 Å². The SMILES string of the molecule is CC1CCCN(C(=O)CNc2cccc(Cl)c2Cl)C1. The largest absolute Gasteiger partial charge is 0.375 e. The number of halogens is 2. The first-order valence-electron chi connectivity index (χ1n) is 6.53. The predicted octanol–water partition coefficient (Wildman–Crippen LogP) is 3.66. The topological polar surface area (TPSA) is 32.3 Å². The van der Waals surface area contributed by atoms with Crippen LogP contribution >= 0.6 is 23.2 Å². The maximum Gasteiger partial charge on any atom is 0.241 e. The van der Waals surface area contributed by atoms with Crippen LogP contribution in [-0.4, -0.2) is 30.4 Å². The second-order valence-corrected chi connectivity index (χ2v) is 5.83. The molecule has 1 saturated heterocycles. The minimum atomic E-state index is 0.114. The molecule has 3 nitrogen and oxygen atoms in total. The van der Waals surface area contributed by atoms with Gasteiger partial charge in [0, 0.05) is 13.1 Å². The Morgan fingerprint density at radius 3 is 3.00 bits per heavy atom. The summed E-state index contributed by atoms with van der Waals surface area (Å²) in [6.45, 7) is 4.14. The van der Waals surface area contributed by atoms with E-state index in [1.807, 2.05) is 17.0 Å². The van der Waals surface area contributed by atoms with Gasteiger partial charge in [-0.3, -0.25) is 4.79 Å². The Morgan fingerprint density at radius 2 is 2.26 bits per heavy atom. The van der Waals surface area contributed by atoms with Crippen molar-refractivity contribution >= 4 is 34.8 Å². The van der Waals surface area contributed by atoms with E-state index in [1.54, 1.807) is 6.07 Å². The molecule has 5 heteroatoms. The number of nitrogens with one attached hydrogen (secondary N) is 1. The molecule has 1 N–H and O–H groups in total. The third-order valence-electron chi connectivity index (χ3n) is 3.39. The molecule has 0 radical (unpaired) electrons. The lowest BCUT2D eigenvalue weighted by Crippen LogP contribution is -2.41. The van der Waals surface area contributed by atoms with Gasteiger partial charge in [0.2, 0.25) is 5.91 Å². The zero-order valence-electron chi connectivity index (χ0n) is 11.0. The third kappa shape index (κ3) is 3.77. The molecular formula is C14H18Cl2N2O. The molecule has 0 spiro atoms. The van der Waals surface area contributed by atoms with Gasteiger partial charge in [-0.05, 0) is 30.9 Å². The monoisotopic (exact) mass is 300 g/mol. The molecule has 1 aromatic rings.